The Labute approximate surface area is 60.9 Å². The fourth-order valence-electron chi connectivity index (χ4n) is 0.512. The smallest absolute Gasteiger partial charge is 0.166 e. The topological polar surface area (TPSA) is 20.2 Å². The number of phenols is 1. The van der Waals surface area contributed by atoms with Gasteiger partial charge in [-0.1, -0.05) is 11.6 Å². The number of aromatic hydroxyl groups is 1. The maximum Gasteiger partial charge on any atom is 0.166 e. The van der Waals surface area contributed by atoms with Crippen LogP contribution in [0.5, 0.6) is 5.75 Å². The van der Waals surface area contributed by atoms with E-state index in [9.17, 15) is 8.78 Å². The molecule has 54 valence electrons. The molecule has 1 N–H and O–H groups in total. The van der Waals surface area contributed by atoms with Crippen molar-refractivity contribution in [2.45, 2.75) is 0 Å². The molecule has 0 amide bonds. The molecule has 0 saturated carbocycles. The molecular weight excluding hydrogens is 162 g/mol. The van der Waals surface area contributed by atoms with Gasteiger partial charge in [-0.2, -0.15) is 0 Å². The molecule has 1 aromatic carbocycles. The van der Waals surface area contributed by atoms with Crippen LogP contribution in [0.15, 0.2) is 12.1 Å². The first-order valence-corrected chi connectivity index (χ1v) is 2.82. The van der Waals surface area contributed by atoms with Gasteiger partial charge in [0.2, 0.25) is 0 Å². The van der Waals surface area contributed by atoms with Crippen molar-refractivity contribution in [2.24, 2.45) is 0 Å². The van der Waals surface area contributed by atoms with E-state index in [2.05, 4.69) is 0 Å². The zero-order valence-electron chi connectivity index (χ0n) is 4.74. The lowest BCUT2D eigenvalue weighted by Crippen LogP contribution is -1.80. The average Bonchev–Trinajstić information content (AvgIpc) is 1.84. The molecule has 0 atom stereocenters. The van der Waals surface area contributed by atoms with Gasteiger partial charge in [0, 0.05) is 6.07 Å². The van der Waals surface area contributed by atoms with Gasteiger partial charge in [-0.3, -0.25) is 0 Å². The van der Waals surface area contributed by atoms with Gasteiger partial charge >= 0.3 is 0 Å². The van der Waals surface area contributed by atoms with E-state index < -0.39 is 17.4 Å². The van der Waals surface area contributed by atoms with Crippen molar-refractivity contribution >= 4 is 11.6 Å². The van der Waals surface area contributed by atoms with Crippen molar-refractivity contribution < 1.29 is 13.9 Å². The van der Waals surface area contributed by atoms with E-state index in [0.717, 1.165) is 0 Å². The summed E-state index contributed by atoms with van der Waals surface area (Å²) in [4.78, 5) is 0. The van der Waals surface area contributed by atoms with Crippen LogP contribution in [0.3, 0.4) is 0 Å². The van der Waals surface area contributed by atoms with Crippen LogP contribution in [0.2, 0.25) is 5.02 Å². The largest absolute Gasteiger partial charge is 0.505 e. The van der Waals surface area contributed by atoms with Gasteiger partial charge in [-0.15, -0.1) is 0 Å². The zero-order chi connectivity index (χ0) is 7.72. The fraction of sp³-hybridized carbons (Fsp3) is 0. The van der Waals surface area contributed by atoms with Crippen molar-refractivity contribution in [2.75, 3.05) is 0 Å². The molecule has 10 heavy (non-hydrogen) atoms. The first-order valence-electron chi connectivity index (χ1n) is 2.45. The zero-order valence-corrected chi connectivity index (χ0v) is 5.49. The highest BCUT2D eigenvalue weighted by Crippen LogP contribution is 2.22. The average molecular weight is 165 g/mol. The highest BCUT2D eigenvalue weighted by Gasteiger charge is 2.05. The summed E-state index contributed by atoms with van der Waals surface area (Å²) in [6.45, 7) is 0. The fourth-order valence-corrected chi connectivity index (χ4v) is 0.662. The first-order chi connectivity index (χ1) is 4.61. The van der Waals surface area contributed by atoms with Crippen LogP contribution in [0.4, 0.5) is 8.78 Å². The highest BCUT2D eigenvalue weighted by molar-refractivity contribution is 6.30. The third-order valence-electron chi connectivity index (χ3n) is 0.990. The number of rotatable bonds is 0. The number of phenolic OH excluding ortho intramolecular Hbond substituents is 1. The van der Waals surface area contributed by atoms with Crippen molar-refractivity contribution in [1.82, 2.24) is 0 Å². The van der Waals surface area contributed by atoms with Gasteiger partial charge in [0.05, 0.1) is 5.02 Å². The summed E-state index contributed by atoms with van der Waals surface area (Å²) >= 11 is 5.16. The lowest BCUT2D eigenvalue weighted by molar-refractivity contribution is 0.426. The van der Waals surface area contributed by atoms with Crippen molar-refractivity contribution in [3.05, 3.63) is 28.8 Å². The van der Waals surface area contributed by atoms with Crippen LogP contribution in [-0.2, 0) is 0 Å². The predicted octanol–water partition coefficient (Wildman–Crippen LogP) is 2.32. The lowest BCUT2D eigenvalue weighted by Gasteiger charge is -1.95. The first kappa shape index (κ1) is 7.28. The monoisotopic (exact) mass is 164 g/mol. The SMILES string of the molecule is Oc1cc(F)c(Cl)cc1F. The van der Waals surface area contributed by atoms with Gasteiger partial charge in [0.25, 0.3) is 0 Å². The normalized spacial score (nSPS) is 9.90. The molecule has 0 aliphatic carbocycles. The second kappa shape index (κ2) is 2.42. The van der Waals surface area contributed by atoms with E-state index in [4.69, 9.17) is 16.7 Å². The van der Waals surface area contributed by atoms with Crippen molar-refractivity contribution in [1.29, 1.82) is 0 Å². The van der Waals surface area contributed by atoms with Crippen LogP contribution in [0.1, 0.15) is 0 Å². The minimum absolute atomic E-state index is 0.338. The Morgan fingerprint density at radius 2 is 1.80 bits per heavy atom. The molecule has 0 heterocycles. The van der Waals surface area contributed by atoms with E-state index in [1.807, 2.05) is 0 Å². The predicted molar refractivity (Wildman–Crippen MR) is 33.0 cm³/mol. The summed E-state index contributed by atoms with van der Waals surface area (Å²) in [5.74, 6) is -2.49. The summed E-state index contributed by atoms with van der Waals surface area (Å²) < 4.78 is 24.6. The summed E-state index contributed by atoms with van der Waals surface area (Å²) in [7, 11) is 0. The van der Waals surface area contributed by atoms with E-state index in [1.165, 1.54) is 0 Å². The van der Waals surface area contributed by atoms with Crippen LogP contribution >= 0.6 is 11.6 Å². The Hall–Kier alpha value is -0.830. The standard InChI is InChI=1S/C6H3ClF2O/c7-3-1-5(9)6(10)2-4(3)8/h1-2,10H. The highest BCUT2D eigenvalue weighted by atomic mass is 35.5. The van der Waals surface area contributed by atoms with Crippen LogP contribution in [0, 0.1) is 11.6 Å². The lowest BCUT2D eigenvalue weighted by atomic mass is 10.3. The molecule has 4 heteroatoms. The minimum Gasteiger partial charge on any atom is -0.505 e. The third-order valence-corrected chi connectivity index (χ3v) is 1.28. The van der Waals surface area contributed by atoms with E-state index in [1.54, 1.807) is 0 Å². The second-order valence-corrected chi connectivity index (χ2v) is 2.12. The molecule has 0 spiro atoms. The molecule has 0 aliphatic rings. The molecule has 1 aromatic rings. The molecule has 1 nitrogen and oxygen atoms in total. The van der Waals surface area contributed by atoms with Gasteiger partial charge in [0.1, 0.15) is 5.82 Å². The third kappa shape index (κ3) is 1.19. The Bertz CT molecular complexity index is 212. The maximum absolute atomic E-state index is 12.3. The van der Waals surface area contributed by atoms with Crippen LogP contribution in [-0.4, -0.2) is 5.11 Å². The second-order valence-electron chi connectivity index (χ2n) is 1.72. The number of hydrogen-bond acceptors (Lipinski definition) is 1. The summed E-state index contributed by atoms with van der Waals surface area (Å²) in [5.41, 5.74) is 0. The molecule has 0 saturated heterocycles. The Balaban J connectivity index is 3.28. The van der Waals surface area contributed by atoms with Crippen molar-refractivity contribution in [3.8, 4) is 5.75 Å². The molecular formula is C6H3ClF2O. The molecule has 0 aliphatic heterocycles. The summed E-state index contributed by atoms with van der Waals surface area (Å²) in [6.07, 6.45) is 0. The molecule has 0 radical (unpaired) electrons. The summed E-state index contributed by atoms with van der Waals surface area (Å²) in [5, 5.41) is 8.21. The van der Waals surface area contributed by atoms with Gasteiger partial charge < -0.3 is 5.11 Å². The van der Waals surface area contributed by atoms with Gasteiger partial charge in [-0.25, -0.2) is 8.78 Å². The maximum atomic E-state index is 12.3. The number of benzene rings is 1. The van der Waals surface area contributed by atoms with Gasteiger partial charge in [-0.05, 0) is 6.07 Å². The Morgan fingerprint density at radius 3 is 2.30 bits per heavy atom. The Morgan fingerprint density at radius 1 is 1.20 bits per heavy atom. The van der Waals surface area contributed by atoms with Gasteiger partial charge in [0.15, 0.2) is 11.6 Å². The number of halogens is 3. The molecule has 0 fully saturated rings. The quantitative estimate of drug-likeness (QED) is 0.584. The Kier molecular flexibility index (Phi) is 1.76. The molecule has 0 unspecified atom stereocenters. The van der Waals surface area contributed by atoms with Crippen molar-refractivity contribution in [3.63, 3.8) is 0 Å². The molecule has 0 aromatic heterocycles. The van der Waals surface area contributed by atoms with E-state index >= 15 is 0 Å². The van der Waals surface area contributed by atoms with E-state index in [0.29, 0.717) is 12.1 Å². The molecule has 0 bridgehead atoms. The van der Waals surface area contributed by atoms with Crippen LogP contribution < -0.4 is 0 Å². The van der Waals surface area contributed by atoms with Crippen LogP contribution in [0.25, 0.3) is 0 Å². The summed E-state index contributed by atoms with van der Waals surface area (Å²) in [6, 6.07) is 1.34. The molecule has 1 rings (SSSR count). The minimum atomic E-state index is -0.925. The van der Waals surface area contributed by atoms with E-state index in [-0.39, 0.29) is 5.02 Å². The number of hydrogen-bond donors (Lipinski definition) is 1.